The lowest BCUT2D eigenvalue weighted by Crippen LogP contribution is -2.51. The number of hydrogen-bond acceptors (Lipinski definition) is 3. The highest BCUT2D eigenvalue weighted by Crippen LogP contribution is 2.09. The molecule has 0 bridgehead atoms. The van der Waals surface area contributed by atoms with Gasteiger partial charge in [-0.2, -0.15) is 0 Å². The highest BCUT2D eigenvalue weighted by Gasteiger charge is 2.23. The summed E-state index contributed by atoms with van der Waals surface area (Å²) >= 11 is 0. The predicted molar refractivity (Wildman–Crippen MR) is 69.7 cm³/mol. The molecule has 0 unspecified atom stereocenters. The molecule has 1 aliphatic rings. The first-order valence-corrected chi connectivity index (χ1v) is 6.39. The molecule has 0 spiro atoms. The van der Waals surface area contributed by atoms with Crippen molar-refractivity contribution in [2.75, 3.05) is 33.4 Å². The average molecular weight is 251 g/mol. The Morgan fingerprint density at radius 2 is 2.44 bits per heavy atom. The van der Waals surface area contributed by atoms with Crippen molar-refractivity contribution in [3.8, 4) is 0 Å². The molecule has 1 amide bonds. The van der Waals surface area contributed by atoms with Crippen LogP contribution in [0.25, 0.3) is 0 Å². The number of carbonyl (C=O) groups excluding carboxylic acids is 1. The molecule has 18 heavy (non-hydrogen) atoms. The van der Waals surface area contributed by atoms with Crippen LogP contribution in [0, 0.1) is 0 Å². The third-order valence-corrected chi connectivity index (χ3v) is 3.24. The maximum Gasteiger partial charge on any atom is 0.270 e. The standard InChI is InChI=1S/C13H21N3O2/c1-11-10-16(7-5-14-11)13(17)12-4-3-6-15(12)8-9-18-2/h3-4,6,11,14H,5,7-10H2,1-2H3/t11-/m1/s1. The molecule has 5 nitrogen and oxygen atoms in total. The fourth-order valence-electron chi connectivity index (χ4n) is 2.27. The Labute approximate surface area is 108 Å². The summed E-state index contributed by atoms with van der Waals surface area (Å²) in [4.78, 5) is 14.3. The van der Waals surface area contributed by atoms with Gasteiger partial charge < -0.3 is 19.5 Å². The Hall–Kier alpha value is -1.33. The minimum absolute atomic E-state index is 0.115. The average Bonchev–Trinajstić information content (AvgIpc) is 2.83. The van der Waals surface area contributed by atoms with Crippen molar-refractivity contribution in [3.05, 3.63) is 24.0 Å². The lowest BCUT2D eigenvalue weighted by molar-refractivity contribution is 0.0695. The zero-order chi connectivity index (χ0) is 13.0. The van der Waals surface area contributed by atoms with Crippen LogP contribution in [0.15, 0.2) is 18.3 Å². The number of rotatable bonds is 4. The molecule has 0 aliphatic carbocycles. The number of aromatic nitrogens is 1. The van der Waals surface area contributed by atoms with Crippen LogP contribution >= 0.6 is 0 Å². The van der Waals surface area contributed by atoms with Crippen LogP contribution in [-0.4, -0.2) is 54.8 Å². The van der Waals surface area contributed by atoms with Crippen molar-refractivity contribution in [2.24, 2.45) is 0 Å². The Bertz CT molecular complexity index is 403. The second-order valence-corrected chi connectivity index (χ2v) is 4.69. The van der Waals surface area contributed by atoms with Gasteiger partial charge in [0.25, 0.3) is 5.91 Å². The number of methoxy groups -OCH3 is 1. The van der Waals surface area contributed by atoms with Gasteiger partial charge in [0.2, 0.25) is 0 Å². The summed E-state index contributed by atoms with van der Waals surface area (Å²) in [5.74, 6) is 0.115. The molecule has 5 heteroatoms. The van der Waals surface area contributed by atoms with Crippen LogP contribution in [0.4, 0.5) is 0 Å². The summed E-state index contributed by atoms with van der Waals surface area (Å²) in [5, 5.41) is 3.34. The van der Waals surface area contributed by atoms with Crippen molar-refractivity contribution in [2.45, 2.75) is 19.5 Å². The summed E-state index contributed by atoms with van der Waals surface area (Å²) in [6.45, 7) is 5.85. The monoisotopic (exact) mass is 251 g/mol. The fraction of sp³-hybridized carbons (Fsp3) is 0.615. The number of amides is 1. The van der Waals surface area contributed by atoms with Crippen LogP contribution in [0.5, 0.6) is 0 Å². The number of nitrogens with zero attached hydrogens (tertiary/aromatic N) is 2. The van der Waals surface area contributed by atoms with Crippen LogP contribution in [-0.2, 0) is 11.3 Å². The summed E-state index contributed by atoms with van der Waals surface area (Å²) in [7, 11) is 1.67. The van der Waals surface area contributed by atoms with Crippen molar-refractivity contribution in [1.82, 2.24) is 14.8 Å². The molecule has 1 aliphatic heterocycles. The first kappa shape index (κ1) is 13.1. The predicted octanol–water partition coefficient (Wildman–Crippen LogP) is 0.568. The van der Waals surface area contributed by atoms with Gasteiger partial charge in [-0.25, -0.2) is 0 Å². The zero-order valence-electron chi connectivity index (χ0n) is 11.1. The molecule has 1 aromatic rings. The molecule has 2 heterocycles. The summed E-state index contributed by atoms with van der Waals surface area (Å²) in [6, 6.07) is 4.16. The number of nitrogens with one attached hydrogen (secondary N) is 1. The minimum Gasteiger partial charge on any atom is -0.383 e. The maximum absolute atomic E-state index is 12.4. The number of carbonyl (C=O) groups is 1. The van der Waals surface area contributed by atoms with E-state index >= 15 is 0 Å². The van der Waals surface area contributed by atoms with E-state index in [1.54, 1.807) is 7.11 Å². The number of ether oxygens (including phenoxy) is 1. The van der Waals surface area contributed by atoms with E-state index in [9.17, 15) is 4.79 Å². The van der Waals surface area contributed by atoms with Gasteiger partial charge in [-0.3, -0.25) is 4.79 Å². The zero-order valence-corrected chi connectivity index (χ0v) is 11.1. The molecule has 1 fully saturated rings. The van der Waals surface area contributed by atoms with Crippen LogP contribution in [0.1, 0.15) is 17.4 Å². The highest BCUT2D eigenvalue weighted by molar-refractivity contribution is 5.92. The van der Waals surface area contributed by atoms with Gasteiger partial charge in [-0.1, -0.05) is 0 Å². The molecule has 100 valence electrons. The molecule has 2 rings (SSSR count). The van der Waals surface area contributed by atoms with Gasteiger partial charge in [0.1, 0.15) is 5.69 Å². The molecule has 0 aromatic carbocycles. The summed E-state index contributed by atoms with van der Waals surface area (Å²) in [5.41, 5.74) is 0.751. The highest BCUT2D eigenvalue weighted by atomic mass is 16.5. The number of piperazine rings is 1. The Morgan fingerprint density at radius 1 is 1.61 bits per heavy atom. The van der Waals surface area contributed by atoms with Crippen LogP contribution in [0.3, 0.4) is 0 Å². The van der Waals surface area contributed by atoms with E-state index in [4.69, 9.17) is 4.74 Å². The Morgan fingerprint density at radius 3 is 3.17 bits per heavy atom. The molecule has 0 saturated carbocycles. The van der Waals surface area contributed by atoms with Crippen molar-refractivity contribution < 1.29 is 9.53 Å². The van der Waals surface area contributed by atoms with Crippen LogP contribution < -0.4 is 5.32 Å². The normalized spacial score (nSPS) is 20.1. The van der Waals surface area contributed by atoms with Gasteiger partial charge in [-0.05, 0) is 19.1 Å². The molecular formula is C13H21N3O2. The Kier molecular flexibility index (Phi) is 4.38. The quantitative estimate of drug-likeness (QED) is 0.851. The molecular weight excluding hydrogens is 230 g/mol. The second kappa shape index (κ2) is 6.02. The lowest BCUT2D eigenvalue weighted by atomic mass is 10.2. The maximum atomic E-state index is 12.4. The lowest BCUT2D eigenvalue weighted by Gasteiger charge is -2.32. The van der Waals surface area contributed by atoms with Crippen molar-refractivity contribution >= 4 is 5.91 Å². The first-order chi connectivity index (χ1) is 8.72. The van der Waals surface area contributed by atoms with E-state index in [0.717, 1.165) is 25.3 Å². The largest absolute Gasteiger partial charge is 0.383 e. The summed E-state index contributed by atoms with van der Waals surface area (Å²) in [6.07, 6.45) is 1.93. The van der Waals surface area contributed by atoms with E-state index < -0.39 is 0 Å². The van der Waals surface area contributed by atoms with Gasteiger partial charge in [0.15, 0.2) is 0 Å². The van der Waals surface area contributed by atoms with E-state index in [1.165, 1.54) is 0 Å². The molecule has 1 saturated heterocycles. The topological polar surface area (TPSA) is 46.5 Å². The van der Waals surface area contributed by atoms with Gasteiger partial charge >= 0.3 is 0 Å². The van der Waals surface area contributed by atoms with Gasteiger partial charge in [0, 0.05) is 45.5 Å². The van der Waals surface area contributed by atoms with Crippen molar-refractivity contribution in [1.29, 1.82) is 0 Å². The van der Waals surface area contributed by atoms with Crippen molar-refractivity contribution in [3.63, 3.8) is 0 Å². The molecule has 1 N–H and O–H groups in total. The van der Waals surface area contributed by atoms with E-state index in [1.807, 2.05) is 27.8 Å². The second-order valence-electron chi connectivity index (χ2n) is 4.69. The van der Waals surface area contributed by atoms with Gasteiger partial charge in [-0.15, -0.1) is 0 Å². The van der Waals surface area contributed by atoms with E-state index in [2.05, 4.69) is 12.2 Å². The third kappa shape index (κ3) is 2.91. The fourth-order valence-corrected chi connectivity index (χ4v) is 2.27. The molecule has 1 aromatic heterocycles. The molecule has 1 atom stereocenters. The van der Waals surface area contributed by atoms with E-state index in [0.29, 0.717) is 19.2 Å². The minimum atomic E-state index is 0.115. The number of hydrogen-bond donors (Lipinski definition) is 1. The smallest absolute Gasteiger partial charge is 0.270 e. The van der Waals surface area contributed by atoms with Crippen LogP contribution in [0.2, 0.25) is 0 Å². The van der Waals surface area contributed by atoms with Gasteiger partial charge in [0.05, 0.1) is 6.61 Å². The SMILES string of the molecule is COCCn1cccc1C(=O)N1CCN[C@H](C)C1. The first-order valence-electron chi connectivity index (χ1n) is 6.39. The third-order valence-electron chi connectivity index (χ3n) is 3.24. The summed E-state index contributed by atoms with van der Waals surface area (Å²) < 4.78 is 7.01. The Balaban J connectivity index is 2.05. The van der Waals surface area contributed by atoms with E-state index in [-0.39, 0.29) is 5.91 Å². The molecule has 0 radical (unpaired) electrons.